The number of hydrogen-bond acceptors (Lipinski definition) is 5. The highest BCUT2D eigenvalue weighted by Gasteiger charge is 2.27. The fourth-order valence-corrected chi connectivity index (χ4v) is 4.13. The average molecular weight is 406 g/mol. The minimum absolute atomic E-state index is 0.0651. The number of rotatable bonds is 6. The van der Waals surface area contributed by atoms with Crippen molar-refractivity contribution in [2.75, 3.05) is 11.4 Å². The fourth-order valence-electron chi connectivity index (χ4n) is 2.76. The lowest BCUT2D eigenvalue weighted by molar-refractivity contribution is 0.0468. The number of nitriles is 1. The summed E-state index contributed by atoms with van der Waals surface area (Å²) < 4.78 is 32.6. The van der Waals surface area contributed by atoms with Crippen molar-refractivity contribution in [3.8, 4) is 6.07 Å². The van der Waals surface area contributed by atoms with Crippen LogP contribution in [0.5, 0.6) is 0 Å². The Morgan fingerprint density at radius 2 is 1.59 bits per heavy atom. The van der Waals surface area contributed by atoms with E-state index < -0.39 is 16.0 Å². The number of sulfonamides is 1. The van der Waals surface area contributed by atoms with Crippen LogP contribution in [-0.2, 0) is 21.4 Å². The Kier molecular flexibility index (Phi) is 5.96. The van der Waals surface area contributed by atoms with Crippen molar-refractivity contribution in [3.05, 3.63) is 95.6 Å². The molecule has 29 heavy (non-hydrogen) atoms. The first-order valence-corrected chi connectivity index (χ1v) is 10.2. The molecule has 0 N–H and O–H groups in total. The number of carbonyl (C=O) groups excluding carboxylic acids is 1. The van der Waals surface area contributed by atoms with Crippen molar-refractivity contribution in [2.45, 2.75) is 11.5 Å². The Balaban J connectivity index is 1.88. The number of anilines is 1. The van der Waals surface area contributed by atoms with Gasteiger partial charge in [0, 0.05) is 12.6 Å². The topological polar surface area (TPSA) is 87.5 Å². The molecule has 3 aromatic rings. The van der Waals surface area contributed by atoms with E-state index in [9.17, 15) is 13.2 Å². The fraction of sp³-hybridized carbons (Fsp3) is 0.0909. The molecule has 0 aliphatic heterocycles. The number of ether oxygens (including phenoxy) is 1. The average Bonchev–Trinajstić information content (AvgIpc) is 2.77. The predicted molar refractivity (Wildman–Crippen MR) is 109 cm³/mol. The van der Waals surface area contributed by atoms with Gasteiger partial charge in [0.1, 0.15) is 11.5 Å². The molecule has 6 nitrogen and oxygen atoms in total. The predicted octanol–water partition coefficient (Wildman–Crippen LogP) is 3.74. The van der Waals surface area contributed by atoms with Crippen molar-refractivity contribution < 1.29 is 17.9 Å². The van der Waals surface area contributed by atoms with E-state index in [1.54, 1.807) is 66.7 Å². The van der Waals surface area contributed by atoms with Crippen LogP contribution in [0.4, 0.5) is 5.69 Å². The van der Waals surface area contributed by atoms with E-state index in [1.165, 1.54) is 19.2 Å². The molecule has 0 heterocycles. The van der Waals surface area contributed by atoms with Crippen LogP contribution in [0, 0.1) is 11.3 Å². The number of benzene rings is 3. The van der Waals surface area contributed by atoms with Crippen molar-refractivity contribution in [1.82, 2.24) is 0 Å². The van der Waals surface area contributed by atoms with Crippen LogP contribution in [-0.4, -0.2) is 21.4 Å². The minimum atomic E-state index is -3.98. The lowest BCUT2D eigenvalue weighted by Gasteiger charge is -2.20. The van der Waals surface area contributed by atoms with E-state index in [1.807, 2.05) is 6.07 Å². The summed E-state index contributed by atoms with van der Waals surface area (Å²) in [6.07, 6.45) is 0. The summed E-state index contributed by atoms with van der Waals surface area (Å²) in [7, 11) is -2.56. The second-order valence-electron chi connectivity index (χ2n) is 6.15. The molecule has 0 radical (unpaired) electrons. The zero-order valence-corrected chi connectivity index (χ0v) is 16.5. The highest BCUT2D eigenvalue weighted by molar-refractivity contribution is 7.92. The second kappa shape index (κ2) is 8.59. The number of esters is 1. The molecule has 7 heteroatoms. The van der Waals surface area contributed by atoms with Gasteiger partial charge >= 0.3 is 5.97 Å². The molecule has 0 fully saturated rings. The molecule has 0 bridgehead atoms. The summed E-state index contributed by atoms with van der Waals surface area (Å²) in [5, 5.41) is 9.15. The maximum Gasteiger partial charge on any atom is 0.339 e. The molecule has 0 spiro atoms. The first kappa shape index (κ1) is 20.1. The van der Waals surface area contributed by atoms with Crippen molar-refractivity contribution in [3.63, 3.8) is 0 Å². The van der Waals surface area contributed by atoms with Gasteiger partial charge in [-0.25, -0.2) is 13.2 Å². The third-order valence-electron chi connectivity index (χ3n) is 4.36. The first-order chi connectivity index (χ1) is 13.9. The van der Waals surface area contributed by atoms with Crippen LogP contribution >= 0.6 is 0 Å². The molecular weight excluding hydrogens is 388 g/mol. The van der Waals surface area contributed by atoms with Crippen LogP contribution in [0.25, 0.3) is 0 Å². The summed E-state index contributed by atoms with van der Waals surface area (Å²) in [5.41, 5.74) is 1.35. The molecule has 0 saturated heterocycles. The van der Waals surface area contributed by atoms with E-state index in [0.29, 0.717) is 16.8 Å². The van der Waals surface area contributed by atoms with Crippen LogP contribution in [0.3, 0.4) is 0 Å². The second-order valence-corrected chi connectivity index (χ2v) is 8.09. The van der Waals surface area contributed by atoms with E-state index in [4.69, 9.17) is 10.00 Å². The quantitative estimate of drug-likeness (QED) is 0.582. The van der Waals surface area contributed by atoms with Gasteiger partial charge in [-0.2, -0.15) is 5.26 Å². The number of hydrogen-bond donors (Lipinski definition) is 0. The van der Waals surface area contributed by atoms with Gasteiger partial charge in [-0.3, -0.25) is 4.31 Å². The largest absolute Gasteiger partial charge is 0.457 e. The van der Waals surface area contributed by atoms with Crippen LogP contribution < -0.4 is 4.31 Å². The first-order valence-electron chi connectivity index (χ1n) is 8.73. The van der Waals surface area contributed by atoms with E-state index in [0.717, 1.165) is 4.31 Å². The third kappa shape index (κ3) is 4.28. The van der Waals surface area contributed by atoms with Gasteiger partial charge in [-0.05, 0) is 30.3 Å². The molecule has 0 saturated carbocycles. The van der Waals surface area contributed by atoms with Crippen molar-refractivity contribution in [1.29, 1.82) is 5.26 Å². The number of para-hydroxylation sites is 1. The third-order valence-corrected chi connectivity index (χ3v) is 6.21. The Morgan fingerprint density at radius 3 is 2.31 bits per heavy atom. The van der Waals surface area contributed by atoms with Gasteiger partial charge in [0.15, 0.2) is 0 Å². The summed E-state index contributed by atoms with van der Waals surface area (Å²) >= 11 is 0. The van der Waals surface area contributed by atoms with E-state index in [-0.39, 0.29) is 17.1 Å². The summed E-state index contributed by atoms with van der Waals surface area (Å²) in [5.74, 6) is -0.779. The Morgan fingerprint density at radius 1 is 0.966 bits per heavy atom. The van der Waals surface area contributed by atoms with Gasteiger partial charge in [0.2, 0.25) is 0 Å². The Hall–Kier alpha value is -3.63. The smallest absolute Gasteiger partial charge is 0.339 e. The molecule has 0 aliphatic carbocycles. The maximum atomic E-state index is 13.1. The zero-order chi connectivity index (χ0) is 20.9. The lowest BCUT2D eigenvalue weighted by Crippen LogP contribution is -2.28. The van der Waals surface area contributed by atoms with E-state index >= 15 is 0 Å². The number of carbonyl (C=O) groups is 1. The lowest BCUT2D eigenvalue weighted by atomic mass is 10.1. The monoisotopic (exact) mass is 406 g/mol. The highest BCUT2D eigenvalue weighted by Crippen LogP contribution is 2.25. The number of nitrogens with zero attached hydrogens (tertiary/aromatic N) is 2. The zero-order valence-electron chi connectivity index (χ0n) is 15.6. The van der Waals surface area contributed by atoms with Gasteiger partial charge in [-0.15, -0.1) is 0 Å². The highest BCUT2D eigenvalue weighted by atomic mass is 32.2. The van der Waals surface area contributed by atoms with Crippen LogP contribution in [0.2, 0.25) is 0 Å². The Labute approximate surface area is 169 Å². The van der Waals surface area contributed by atoms with Gasteiger partial charge in [0.05, 0.1) is 22.9 Å². The SMILES string of the molecule is CN(c1ccccc1)S(=O)(=O)c1ccccc1C(=O)OCc1ccccc1C#N. The standard InChI is InChI=1S/C22H18N2O4S/c1-24(19-11-3-2-4-12-19)29(26,27)21-14-8-7-13-20(21)22(25)28-16-18-10-6-5-9-17(18)15-23/h2-14H,16H2,1H3. The van der Waals surface area contributed by atoms with E-state index in [2.05, 4.69) is 0 Å². The molecule has 0 aliphatic rings. The molecular formula is C22H18N2O4S. The molecule has 0 aromatic heterocycles. The van der Waals surface area contributed by atoms with Gasteiger partial charge in [-0.1, -0.05) is 48.5 Å². The molecule has 146 valence electrons. The summed E-state index contributed by atoms with van der Waals surface area (Å²) in [6, 6.07) is 23.3. The molecule has 0 amide bonds. The maximum absolute atomic E-state index is 13.1. The summed E-state index contributed by atoms with van der Waals surface area (Å²) in [6.45, 7) is -0.133. The minimum Gasteiger partial charge on any atom is -0.457 e. The van der Waals surface area contributed by atoms with Crippen molar-refractivity contribution >= 4 is 21.7 Å². The molecule has 3 aromatic carbocycles. The van der Waals surface area contributed by atoms with Crippen LogP contribution in [0.1, 0.15) is 21.5 Å². The molecule has 0 atom stereocenters. The summed E-state index contributed by atoms with van der Waals surface area (Å²) in [4.78, 5) is 12.5. The molecule has 3 rings (SSSR count). The van der Waals surface area contributed by atoms with Crippen LogP contribution in [0.15, 0.2) is 83.8 Å². The van der Waals surface area contributed by atoms with Gasteiger partial charge in [0.25, 0.3) is 10.0 Å². The molecule has 0 unspecified atom stereocenters. The van der Waals surface area contributed by atoms with Gasteiger partial charge < -0.3 is 4.74 Å². The normalized spacial score (nSPS) is 10.8. The Bertz CT molecular complexity index is 1170. The van der Waals surface area contributed by atoms with Crippen molar-refractivity contribution in [2.24, 2.45) is 0 Å².